The van der Waals surface area contributed by atoms with Gasteiger partial charge in [-0.3, -0.25) is 9.59 Å². The summed E-state index contributed by atoms with van der Waals surface area (Å²) in [6.45, 7) is 7.09. The molecule has 0 aliphatic heterocycles. The number of rotatable bonds is 6. The van der Waals surface area contributed by atoms with E-state index in [4.69, 9.17) is 0 Å². The van der Waals surface area contributed by atoms with E-state index in [-0.39, 0.29) is 11.8 Å². The predicted molar refractivity (Wildman–Crippen MR) is 108 cm³/mol. The molecule has 2 amide bonds. The van der Waals surface area contributed by atoms with Crippen LogP contribution in [0, 0.1) is 20.8 Å². The average molecular weight is 363 g/mol. The van der Waals surface area contributed by atoms with Gasteiger partial charge in [-0.25, -0.2) is 0 Å². The summed E-state index contributed by atoms with van der Waals surface area (Å²) >= 11 is 0. The van der Waals surface area contributed by atoms with Crippen LogP contribution in [0.15, 0.2) is 42.5 Å². The maximum Gasteiger partial charge on any atom is 0.267 e. The first-order valence-corrected chi connectivity index (χ1v) is 9.17. The van der Waals surface area contributed by atoms with Gasteiger partial charge < -0.3 is 15.6 Å². The van der Waals surface area contributed by atoms with Crippen molar-refractivity contribution < 1.29 is 9.59 Å². The minimum atomic E-state index is -0.137. The van der Waals surface area contributed by atoms with Crippen LogP contribution in [0.25, 0.3) is 10.9 Å². The third-order valence-corrected chi connectivity index (χ3v) is 4.89. The zero-order chi connectivity index (χ0) is 19.4. The number of hydrogen-bond donors (Lipinski definition) is 3. The molecular weight excluding hydrogens is 338 g/mol. The smallest absolute Gasteiger partial charge is 0.267 e. The summed E-state index contributed by atoms with van der Waals surface area (Å²) in [4.78, 5) is 27.6. The Hall–Kier alpha value is -3.08. The van der Waals surface area contributed by atoms with E-state index in [1.54, 1.807) is 0 Å². The number of carbonyl (C=O) groups excluding carboxylic acids is 2. The standard InChI is InChI=1S/C22H25N3O2/c1-14-11-18(12-15(2)16(14)3)21(26)23-9-6-10-24-22(27)20-13-17-7-4-5-8-19(17)25-20/h4-5,7-8,11-13,25H,6,9-10H2,1-3H3,(H,23,26)(H,24,27). The molecule has 5 nitrogen and oxygen atoms in total. The van der Waals surface area contributed by atoms with E-state index in [2.05, 4.69) is 22.5 Å². The molecule has 3 aromatic rings. The molecule has 2 aromatic carbocycles. The summed E-state index contributed by atoms with van der Waals surface area (Å²) < 4.78 is 0. The number of amides is 2. The number of hydrogen-bond acceptors (Lipinski definition) is 2. The highest BCUT2D eigenvalue weighted by Crippen LogP contribution is 2.16. The van der Waals surface area contributed by atoms with Crippen LogP contribution >= 0.6 is 0 Å². The van der Waals surface area contributed by atoms with Crippen molar-refractivity contribution in [2.75, 3.05) is 13.1 Å². The predicted octanol–water partition coefficient (Wildman–Crippen LogP) is 3.64. The van der Waals surface area contributed by atoms with E-state index in [1.807, 2.05) is 56.3 Å². The minimum absolute atomic E-state index is 0.0804. The minimum Gasteiger partial charge on any atom is -0.352 e. The maximum absolute atomic E-state index is 12.3. The van der Waals surface area contributed by atoms with Gasteiger partial charge in [-0.1, -0.05) is 18.2 Å². The molecule has 0 saturated carbocycles. The van der Waals surface area contributed by atoms with Crippen LogP contribution in [0.5, 0.6) is 0 Å². The maximum atomic E-state index is 12.3. The molecular formula is C22H25N3O2. The lowest BCUT2D eigenvalue weighted by atomic mass is 10.0. The average Bonchev–Trinajstić information content (AvgIpc) is 3.09. The highest BCUT2D eigenvalue weighted by Gasteiger charge is 2.10. The number of aromatic amines is 1. The van der Waals surface area contributed by atoms with Crippen molar-refractivity contribution in [2.45, 2.75) is 27.2 Å². The highest BCUT2D eigenvalue weighted by atomic mass is 16.2. The van der Waals surface area contributed by atoms with Gasteiger partial charge >= 0.3 is 0 Å². The van der Waals surface area contributed by atoms with Gasteiger partial charge in [-0.15, -0.1) is 0 Å². The number of fused-ring (bicyclic) bond motifs is 1. The second-order valence-corrected chi connectivity index (χ2v) is 6.87. The van der Waals surface area contributed by atoms with Gasteiger partial charge in [0.15, 0.2) is 0 Å². The van der Waals surface area contributed by atoms with Crippen LogP contribution in [0.3, 0.4) is 0 Å². The molecule has 0 aliphatic rings. The number of H-pyrrole nitrogens is 1. The van der Waals surface area contributed by atoms with Gasteiger partial charge in [0.1, 0.15) is 5.69 Å². The molecule has 140 valence electrons. The molecule has 3 N–H and O–H groups in total. The Bertz CT molecular complexity index is 932. The van der Waals surface area contributed by atoms with Gasteiger partial charge in [0.05, 0.1) is 0 Å². The Labute approximate surface area is 159 Å². The van der Waals surface area contributed by atoms with E-state index in [0.717, 1.165) is 22.0 Å². The molecule has 1 aromatic heterocycles. The fraction of sp³-hybridized carbons (Fsp3) is 0.273. The summed E-state index contributed by atoms with van der Waals surface area (Å²) in [5, 5.41) is 6.80. The molecule has 0 radical (unpaired) electrons. The first-order chi connectivity index (χ1) is 13.0. The zero-order valence-electron chi connectivity index (χ0n) is 16.0. The second kappa shape index (κ2) is 8.08. The molecule has 0 unspecified atom stereocenters. The third kappa shape index (κ3) is 4.37. The van der Waals surface area contributed by atoms with E-state index >= 15 is 0 Å². The fourth-order valence-corrected chi connectivity index (χ4v) is 3.05. The van der Waals surface area contributed by atoms with Crippen molar-refractivity contribution in [1.29, 1.82) is 0 Å². The van der Waals surface area contributed by atoms with E-state index in [1.165, 1.54) is 5.56 Å². The normalized spacial score (nSPS) is 10.8. The number of nitrogens with one attached hydrogen (secondary N) is 3. The molecule has 5 heteroatoms. The highest BCUT2D eigenvalue weighted by molar-refractivity contribution is 5.98. The monoisotopic (exact) mass is 363 g/mol. The molecule has 1 heterocycles. The summed E-state index contributed by atoms with van der Waals surface area (Å²) in [5.74, 6) is -0.217. The Balaban J connectivity index is 1.45. The first-order valence-electron chi connectivity index (χ1n) is 9.17. The molecule has 3 rings (SSSR count). The van der Waals surface area contributed by atoms with Crippen molar-refractivity contribution in [3.05, 3.63) is 70.4 Å². The van der Waals surface area contributed by atoms with Crippen LogP contribution in [0.4, 0.5) is 0 Å². The number of para-hydroxylation sites is 1. The zero-order valence-corrected chi connectivity index (χ0v) is 16.0. The van der Waals surface area contributed by atoms with Crippen LogP contribution < -0.4 is 10.6 Å². The second-order valence-electron chi connectivity index (χ2n) is 6.87. The van der Waals surface area contributed by atoms with Crippen LogP contribution in [0.2, 0.25) is 0 Å². The molecule has 0 atom stereocenters. The summed E-state index contributed by atoms with van der Waals surface area (Å²) in [6.07, 6.45) is 0.668. The third-order valence-electron chi connectivity index (χ3n) is 4.89. The molecule has 0 spiro atoms. The van der Waals surface area contributed by atoms with Gasteiger partial charge in [0.25, 0.3) is 11.8 Å². The van der Waals surface area contributed by atoms with Crippen molar-refractivity contribution >= 4 is 22.7 Å². The fourth-order valence-electron chi connectivity index (χ4n) is 3.05. The molecule has 0 aliphatic carbocycles. The Morgan fingerprint density at radius 2 is 1.52 bits per heavy atom. The van der Waals surface area contributed by atoms with Crippen LogP contribution in [0.1, 0.15) is 44.0 Å². The Morgan fingerprint density at radius 1 is 0.889 bits per heavy atom. The van der Waals surface area contributed by atoms with Gasteiger partial charge in [-0.05, 0) is 68.1 Å². The van der Waals surface area contributed by atoms with E-state index in [9.17, 15) is 9.59 Å². The summed E-state index contributed by atoms with van der Waals surface area (Å²) in [5.41, 5.74) is 5.62. The van der Waals surface area contributed by atoms with Gasteiger partial charge in [0.2, 0.25) is 0 Å². The number of benzene rings is 2. The van der Waals surface area contributed by atoms with Crippen molar-refractivity contribution in [3.8, 4) is 0 Å². The van der Waals surface area contributed by atoms with Gasteiger partial charge in [-0.2, -0.15) is 0 Å². The summed E-state index contributed by atoms with van der Waals surface area (Å²) in [7, 11) is 0. The topological polar surface area (TPSA) is 74.0 Å². The van der Waals surface area contributed by atoms with Crippen LogP contribution in [-0.2, 0) is 0 Å². The lowest BCUT2D eigenvalue weighted by Crippen LogP contribution is -2.30. The number of carbonyl (C=O) groups is 2. The van der Waals surface area contributed by atoms with E-state index < -0.39 is 0 Å². The van der Waals surface area contributed by atoms with Crippen molar-refractivity contribution in [1.82, 2.24) is 15.6 Å². The van der Waals surface area contributed by atoms with E-state index in [0.29, 0.717) is 30.8 Å². The van der Waals surface area contributed by atoms with Crippen molar-refractivity contribution in [2.24, 2.45) is 0 Å². The van der Waals surface area contributed by atoms with Crippen LogP contribution in [-0.4, -0.2) is 29.9 Å². The SMILES string of the molecule is Cc1cc(C(=O)NCCCNC(=O)c2cc3ccccc3[nH]2)cc(C)c1C. The van der Waals surface area contributed by atoms with Gasteiger partial charge in [0, 0.05) is 29.6 Å². The lowest BCUT2D eigenvalue weighted by Gasteiger charge is -2.10. The number of aromatic nitrogens is 1. The first kappa shape index (κ1) is 18.7. The molecule has 27 heavy (non-hydrogen) atoms. The van der Waals surface area contributed by atoms with Crippen molar-refractivity contribution in [3.63, 3.8) is 0 Å². The molecule has 0 saturated heterocycles. The Morgan fingerprint density at radius 3 is 2.19 bits per heavy atom. The molecule has 0 fully saturated rings. The Kier molecular flexibility index (Phi) is 5.60. The quantitative estimate of drug-likeness (QED) is 0.585. The summed E-state index contributed by atoms with van der Waals surface area (Å²) in [6, 6.07) is 13.4. The number of aryl methyl sites for hydroxylation is 2. The largest absolute Gasteiger partial charge is 0.352 e. The lowest BCUT2D eigenvalue weighted by molar-refractivity contribution is 0.0948. The molecule has 0 bridgehead atoms.